The van der Waals surface area contributed by atoms with Gasteiger partial charge in [-0.15, -0.1) is 0 Å². The molecule has 1 aromatic carbocycles. The lowest BCUT2D eigenvalue weighted by molar-refractivity contribution is -0.121. The van der Waals surface area contributed by atoms with Crippen LogP contribution < -0.4 is 5.32 Å². The molecule has 0 spiro atoms. The van der Waals surface area contributed by atoms with E-state index in [9.17, 15) is 13.2 Å². The van der Waals surface area contributed by atoms with Crippen LogP contribution in [0.5, 0.6) is 0 Å². The molecule has 1 aromatic rings. The van der Waals surface area contributed by atoms with Gasteiger partial charge in [-0.1, -0.05) is 37.0 Å². The topological polar surface area (TPSA) is 79.0 Å². The lowest BCUT2D eigenvalue weighted by Gasteiger charge is -2.33. The van der Waals surface area contributed by atoms with Gasteiger partial charge in [-0.25, -0.2) is 8.42 Å². The van der Waals surface area contributed by atoms with Gasteiger partial charge in [0.1, 0.15) is 0 Å². The van der Waals surface area contributed by atoms with Gasteiger partial charge in [-0.05, 0) is 44.9 Å². The molecular formula is C22H35N3O4S. The molecule has 0 aromatic heterocycles. The minimum atomic E-state index is -3.71. The van der Waals surface area contributed by atoms with Gasteiger partial charge >= 0.3 is 0 Å². The lowest BCUT2D eigenvalue weighted by Crippen LogP contribution is -2.47. The SMILES string of the molecule is Cc1ccc(S(=O)(=O)N(CC(=O)NCCCN2CCOCC2)C2CCCCC2)cc1. The summed E-state index contributed by atoms with van der Waals surface area (Å²) in [6.07, 6.45) is 5.62. The van der Waals surface area contributed by atoms with E-state index in [0.29, 0.717) is 6.54 Å². The molecule has 1 saturated heterocycles. The van der Waals surface area contributed by atoms with E-state index >= 15 is 0 Å². The molecule has 1 heterocycles. The van der Waals surface area contributed by atoms with Gasteiger partial charge < -0.3 is 10.1 Å². The number of ether oxygens (including phenoxy) is 1. The molecule has 0 unspecified atom stereocenters. The lowest BCUT2D eigenvalue weighted by atomic mass is 9.95. The van der Waals surface area contributed by atoms with Crippen LogP contribution in [0.1, 0.15) is 44.1 Å². The summed E-state index contributed by atoms with van der Waals surface area (Å²) in [7, 11) is -3.71. The van der Waals surface area contributed by atoms with Crippen molar-refractivity contribution in [2.45, 2.75) is 56.4 Å². The second-order valence-corrected chi connectivity index (χ2v) is 10.2. The Hall–Kier alpha value is -1.48. The van der Waals surface area contributed by atoms with Gasteiger partial charge in [0.2, 0.25) is 15.9 Å². The van der Waals surface area contributed by atoms with Gasteiger partial charge in [0.15, 0.2) is 0 Å². The molecule has 30 heavy (non-hydrogen) atoms. The van der Waals surface area contributed by atoms with Crippen molar-refractivity contribution >= 4 is 15.9 Å². The number of morpholine rings is 1. The monoisotopic (exact) mass is 437 g/mol. The molecule has 3 rings (SSSR count). The second kappa shape index (κ2) is 11.2. The predicted molar refractivity (Wildman–Crippen MR) is 117 cm³/mol. The highest BCUT2D eigenvalue weighted by Gasteiger charge is 2.33. The van der Waals surface area contributed by atoms with Gasteiger partial charge in [0.05, 0.1) is 24.7 Å². The van der Waals surface area contributed by atoms with Crippen LogP contribution >= 0.6 is 0 Å². The Morgan fingerprint density at radius 3 is 2.47 bits per heavy atom. The van der Waals surface area contributed by atoms with Gasteiger partial charge in [0, 0.05) is 25.7 Å². The van der Waals surface area contributed by atoms with Crippen LogP contribution in [-0.4, -0.2) is 75.5 Å². The van der Waals surface area contributed by atoms with E-state index in [0.717, 1.165) is 76.9 Å². The third-order valence-corrected chi connectivity index (χ3v) is 7.90. The summed E-state index contributed by atoms with van der Waals surface area (Å²) in [6, 6.07) is 6.78. The number of benzene rings is 1. The zero-order chi connectivity index (χ0) is 21.4. The van der Waals surface area contributed by atoms with Crippen LogP contribution in [0, 0.1) is 6.92 Å². The molecule has 8 heteroatoms. The molecule has 0 bridgehead atoms. The molecule has 1 aliphatic carbocycles. The first-order valence-corrected chi connectivity index (χ1v) is 12.6. The standard InChI is InChI=1S/C22H35N3O4S/c1-19-8-10-21(11-9-19)30(27,28)25(20-6-3-2-4-7-20)18-22(26)23-12-5-13-24-14-16-29-17-15-24/h8-11,20H,2-7,12-18H2,1H3,(H,23,26). The maximum atomic E-state index is 13.3. The maximum Gasteiger partial charge on any atom is 0.243 e. The highest BCUT2D eigenvalue weighted by atomic mass is 32.2. The molecule has 1 aliphatic heterocycles. The number of nitrogens with one attached hydrogen (secondary N) is 1. The Balaban J connectivity index is 1.59. The van der Waals surface area contributed by atoms with Crippen molar-refractivity contribution < 1.29 is 17.9 Å². The number of aryl methyl sites for hydroxylation is 1. The Morgan fingerprint density at radius 2 is 1.80 bits per heavy atom. The number of carbonyl (C=O) groups is 1. The summed E-state index contributed by atoms with van der Waals surface area (Å²) in [5.74, 6) is -0.224. The minimum Gasteiger partial charge on any atom is -0.379 e. The van der Waals surface area contributed by atoms with Crippen molar-refractivity contribution in [3.05, 3.63) is 29.8 Å². The second-order valence-electron chi connectivity index (χ2n) is 8.31. The summed E-state index contributed by atoms with van der Waals surface area (Å²) in [5.41, 5.74) is 1.01. The van der Waals surface area contributed by atoms with E-state index < -0.39 is 10.0 Å². The molecule has 2 aliphatic rings. The Kier molecular flexibility index (Phi) is 8.68. The van der Waals surface area contributed by atoms with Crippen molar-refractivity contribution in [1.82, 2.24) is 14.5 Å². The van der Waals surface area contributed by atoms with Gasteiger partial charge in [-0.3, -0.25) is 9.69 Å². The van der Waals surface area contributed by atoms with Crippen molar-refractivity contribution in [1.29, 1.82) is 0 Å². The van der Waals surface area contributed by atoms with Crippen molar-refractivity contribution in [3.8, 4) is 0 Å². The van der Waals surface area contributed by atoms with Crippen LogP contribution in [0.2, 0.25) is 0 Å². The Labute approximate surface area is 180 Å². The molecule has 0 atom stereocenters. The average Bonchev–Trinajstić information content (AvgIpc) is 2.76. The quantitative estimate of drug-likeness (QED) is 0.599. The Morgan fingerprint density at radius 1 is 1.13 bits per heavy atom. The zero-order valence-corrected chi connectivity index (χ0v) is 18.8. The fraction of sp³-hybridized carbons (Fsp3) is 0.682. The van der Waals surface area contributed by atoms with Crippen LogP contribution in [0.3, 0.4) is 0 Å². The molecule has 1 saturated carbocycles. The fourth-order valence-corrected chi connectivity index (χ4v) is 5.82. The first kappa shape index (κ1) is 23.2. The molecule has 2 fully saturated rings. The third-order valence-electron chi connectivity index (χ3n) is 5.99. The van der Waals surface area contributed by atoms with Crippen LogP contribution in [0.4, 0.5) is 0 Å². The number of amides is 1. The highest BCUT2D eigenvalue weighted by Crippen LogP contribution is 2.27. The van der Waals surface area contributed by atoms with Gasteiger partial charge in [0.25, 0.3) is 0 Å². The zero-order valence-electron chi connectivity index (χ0n) is 18.0. The molecule has 168 valence electrons. The molecule has 7 nitrogen and oxygen atoms in total. The normalized spacial score (nSPS) is 19.1. The number of carbonyl (C=O) groups excluding carboxylic acids is 1. The van der Waals surface area contributed by atoms with Crippen molar-refractivity contribution in [3.63, 3.8) is 0 Å². The summed E-state index contributed by atoms with van der Waals surface area (Å²) < 4.78 is 33.5. The van der Waals surface area contributed by atoms with E-state index in [1.165, 1.54) is 4.31 Å². The third kappa shape index (κ3) is 6.51. The number of hydrogen-bond donors (Lipinski definition) is 1. The summed E-state index contributed by atoms with van der Waals surface area (Å²) in [6.45, 7) is 6.67. The van der Waals surface area contributed by atoms with E-state index in [4.69, 9.17) is 4.74 Å². The predicted octanol–water partition coefficient (Wildman–Crippen LogP) is 2.16. The number of nitrogens with zero attached hydrogens (tertiary/aromatic N) is 2. The average molecular weight is 438 g/mol. The summed E-state index contributed by atoms with van der Waals surface area (Å²) in [4.78, 5) is 15.2. The van der Waals surface area contributed by atoms with E-state index in [1.54, 1.807) is 24.3 Å². The largest absolute Gasteiger partial charge is 0.379 e. The minimum absolute atomic E-state index is 0.107. The Bertz CT molecular complexity index is 770. The van der Waals surface area contributed by atoms with Crippen LogP contribution in [0.15, 0.2) is 29.2 Å². The van der Waals surface area contributed by atoms with Gasteiger partial charge in [-0.2, -0.15) is 4.31 Å². The summed E-state index contributed by atoms with van der Waals surface area (Å²) >= 11 is 0. The number of rotatable bonds is 9. The molecule has 1 amide bonds. The van der Waals surface area contributed by atoms with E-state index in [-0.39, 0.29) is 23.4 Å². The van der Waals surface area contributed by atoms with E-state index in [1.807, 2.05) is 6.92 Å². The number of hydrogen-bond acceptors (Lipinski definition) is 5. The van der Waals surface area contributed by atoms with Crippen LogP contribution in [0.25, 0.3) is 0 Å². The smallest absolute Gasteiger partial charge is 0.243 e. The fourth-order valence-electron chi connectivity index (χ4n) is 4.18. The van der Waals surface area contributed by atoms with Crippen LogP contribution in [-0.2, 0) is 19.6 Å². The van der Waals surface area contributed by atoms with E-state index in [2.05, 4.69) is 10.2 Å². The summed E-state index contributed by atoms with van der Waals surface area (Å²) in [5, 5.41) is 2.92. The molecule has 0 radical (unpaired) electrons. The first-order valence-electron chi connectivity index (χ1n) is 11.1. The highest BCUT2D eigenvalue weighted by molar-refractivity contribution is 7.89. The first-order chi connectivity index (χ1) is 14.5. The molecule has 1 N–H and O–H groups in total. The van der Waals surface area contributed by atoms with Crippen molar-refractivity contribution in [2.75, 3.05) is 45.9 Å². The maximum absolute atomic E-state index is 13.3. The molecular weight excluding hydrogens is 402 g/mol. The van der Waals surface area contributed by atoms with Crippen molar-refractivity contribution in [2.24, 2.45) is 0 Å². The number of sulfonamides is 1.